The highest BCUT2D eigenvalue weighted by Crippen LogP contribution is 2.43. The van der Waals surface area contributed by atoms with E-state index in [1.54, 1.807) is 0 Å². The molecule has 0 amide bonds. The second kappa shape index (κ2) is 12.7. The minimum absolute atomic E-state index is 0.547. The number of aromatic nitrogens is 4. The van der Waals surface area contributed by atoms with Gasteiger partial charge in [-0.1, -0.05) is 146 Å². The molecule has 3 heterocycles. The first kappa shape index (κ1) is 32.9. The predicted molar refractivity (Wildman–Crippen MR) is 248 cm³/mol. The Morgan fingerprint density at radius 1 is 0.350 bits per heavy atom. The molecule has 0 spiro atoms. The quantitative estimate of drug-likeness (QED) is 0.167. The normalized spacial score (nSPS) is 12.0. The number of hydrogen-bond donors (Lipinski definition) is 0. The van der Waals surface area contributed by atoms with Gasteiger partial charge in [-0.15, -0.1) is 0 Å². The molecule has 13 rings (SSSR count). The molecule has 0 fully saturated rings. The van der Waals surface area contributed by atoms with Crippen LogP contribution in [0.2, 0.25) is 0 Å². The first-order valence-electron chi connectivity index (χ1n) is 20.3. The molecule has 5 nitrogen and oxygen atoms in total. The molecule has 0 aliphatic carbocycles. The zero-order valence-corrected chi connectivity index (χ0v) is 32.2. The Bertz CT molecular complexity index is 3910. The molecular weight excluding hydrogens is 733 g/mol. The lowest BCUT2D eigenvalue weighted by Crippen LogP contribution is -2.01. The molecule has 0 aliphatic heterocycles. The largest absolute Gasteiger partial charge is 0.455 e. The van der Waals surface area contributed by atoms with Crippen LogP contribution >= 0.6 is 0 Å². The average molecular weight is 765 g/mol. The molecule has 10 aromatic carbocycles. The van der Waals surface area contributed by atoms with Gasteiger partial charge in [0, 0.05) is 27.3 Å². The minimum atomic E-state index is 0.547. The summed E-state index contributed by atoms with van der Waals surface area (Å²) < 4.78 is 9.30. The third kappa shape index (κ3) is 4.96. The van der Waals surface area contributed by atoms with Crippen molar-refractivity contribution in [3.63, 3.8) is 0 Å². The Labute approximate surface area is 343 Å². The summed E-state index contributed by atoms with van der Waals surface area (Å²) in [7, 11) is 0. The summed E-state index contributed by atoms with van der Waals surface area (Å²) in [6.45, 7) is 0. The van der Waals surface area contributed by atoms with Gasteiger partial charge in [-0.3, -0.25) is 0 Å². The Morgan fingerprint density at radius 2 is 0.917 bits per heavy atom. The summed E-state index contributed by atoms with van der Waals surface area (Å²) in [6.07, 6.45) is 0. The molecule has 5 heteroatoms. The van der Waals surface area contributed by atoms with Gasteiger partial charge in [0.15, 0.2) is 17.5 Å². The van der Waals surface area contributed by atoms with E-state index in [4.69, 9.17) is 19.4 Å². The Balaban J connectivity index is 1.08. The fourth-order valence-electron chi connectivity index (χ4n) is 9.32. The van der Waals surface area contributed by atoms with Crippen molar-refractivity contribution in [3.8, 4) is 39.9 Å². The summed E-state index contributed by atoms with van der Waals surface area (Å²) >= 11 is 0. The van der Waals surface area contributed by atoms with Gasteiger partial charge in [-0.2, -0.15) is 0 Å². The van der Waals surface area contributed by atoms with Crippen LogP contribution in [0, 0.1) is 0 Å². The Hall–Kier alpha value is -8.15. The van der Waals surface area contributed by atoms with Gasteiger partial charge < -0.3 is 8.98 Å². The maximum absolute atomic E-state index is 6.90. The molecule has 60 heavy (non-hydrogen) atoms. The van der Waals surface area contributed by atoms with Crippen molar-refractivity contribution in [1.29, 1.82) is 0 Å². The van der Waals surface area contributed by atoms with Gasteiger partial charge in [0.1, 0.15) is 11.2 Å². The van der Waals surface area contributed by atoms with E-state index < -0.39 is 0 Å². The van der Waals surface area contributed by atoms with Crippen LogP contribution in [0.25, 0.3) is 127 Å². The molecule has 0 atom stereocenters. The Kier molecular flexibility index (Phi) is 6.95. The number of benzene rings is 10. The second-order valence-corrected chi connectivity index (χ2v) is 15.6. The van der Waals surface area contributed by atoms with Crippen LogP contribution in [0.3, 0.4) is 0 Å². The molecule has 0 N–H and O–H groups in total. The van der Waals surface area contributed by atoms with E-state index >= 15 is 0 Å². The monoisotopic (exact) mass is 764 g/mol. The smallest absolute Gasteiger partial charge is 0.167 e. The van der Waals surface area contributed by atoms with Gasteiger partial charge >= 0.3 is 0 Å². The number of para-hydroxylation sites is 2. The summed E-state index contributed by atoms with van der Waals surface area (Å²) in [5.74, 6) is 1.74. The SMILES string of the molecule is c1ccc2cc(-c3nc(-c4ccc5c(ccc6ccccc65)c4)nc(-c4ccc(-n5c6ccccc6c6cc7ccccc7cc65)c5c4oc4ccccc45)n3)ccc2c1. The predicted octanol–water partition coefficient (Wildman–Crippen LogP) is 14.5. The van der Waals surface area contributed by atoms with Crippen molar-refractivity contribution in [1.82, 2.24) is 19.5 Å². The van der Waals surface area contributed by atoms with Crippen LogP contribution in [0.1, 0.15) is 0 Å². The highest BCUT2D eigenvalue weighted by atomic mass is 16.3. The highest BCUT2D eigenvalue weighted by molar-refractivity contribution is 6.18. The number of hydrogen-bond acceptors (Lipinski definition) is 4. The lowest BCUT2D eigenvalue weighted by molar-refractivity contribution is 0.669. The Morgan fingerprint density at radius 3 is 1.73 bits per heavy atom. The number of fused-ring (bicyclic) bond motifs is 11. The van der Waals surface area contributed by atoms with Gasteiger partial charge in [0.05, 0.1) is 27.7 Å². The molecule has 0 bridgehead atoms. The van der Waals surface area contributed by atoms with Crippen LogP contribution in [-0.2, 0) is 0 Å². The van der Waals surface area contributed by atoms with E-state index in [1.165, 1.54) is 37.7 Å². The van der Waals surface area contributed by atoms with E-state index in [-0.39, 0.29) is 0 Å². The molecule has 0 unspecified atom stereocenters. The maximum atomic E-state index is 6.90. The average Bonchev–Trinajstić information content (AvgIpc) is 3.86. The van der Waals surface area contributed by atoms with Gasteiger partial charge in [0.2, 0.25) is 0 Å². The zero-order valence-electron chi connectivity index (χ0n) is 32.2. The zero-order chi connectivity index (χ0) is 39.3. The molecular formula is C55H32N4O. The molecule has 0 aliphatic rings. The van der Waals surface area contributed by atoms with E-state index in [0.29, 0.717) is 17.5 Å². The van der Waals surface area contributed by atoms with Crippen molar-refractivity contribution in [2.24, 2.45) is 0 Å². The molecule has 0 radical (unpaired) electrons. The van der Waals surface area contributed by atoms with Crippen molar-refractivity contribution >= 4 is 86.8 Å². The van der Waals surface area contributed by atoms with Crippen LogP contribution in [0.15, 0.2) is 199 Å². The maximum Gasteiger partial charge on any atom is 0.167 e. The van der Waals surface area contributed by atoms with Gasteiger partial charge in [0.25, 0.3) is 0 Å². The number of nitrogens with zero attached hydrogens (tertiary/aromatic N) is 4. The van der Waals surface area contributed by atoms with E-state index in [2.05, 4.69) is 187 Å². The van der Waals surface area contributed by atoms with Crippen LogP contribution in [0.5, 0.6) is 0 Å². The summed E-state index contributed by atoms with van der Waals surface area (Å²) in [5.41, 5.74) is 7.47. The van der Waals surface area contributed by atoms with Crippen molar-refractivity contribution in [2.75, 3.05) is 0 Å². The van der Waals surface area contributed by atoms with E-state index in [0.717, 1.165) is 71.5 Å². The third-order valence-electron chi connectivity index (χ3n) is 12.2. The van der Waals surface area contributed by atoms with E-state index in [9.17, 15) is 0 Å². The molecule has 0 saturated heterocycles. The number of rotatable bonds is 4. The fraction of sp³-hybridized carbons (Fsp3) is 0. The minimum Gasteiger partial charge on any atom is -0.455 e. The molecule has 3 aromatic heterocycles. The summed E-state index contributed by atoms with van der Waals surface area (Å²) in [4.78, 5) is 15.7. The molecule has 278 valence electrons. The second-order valence-electron chi connectivity index (χ2n) is 15.6. The highest BCUT2D eigenvalue weighted by Gasteiger charge is 2.23. The number of furan rings is 1. The lowest BCUT2D eigenvalue weighted by atomic mass is 10.00. The van der Waals surface area contributed by atoms with Crippen molar-refractivity contribution in [3.05, 3.63) is 194 Å². The standard InChI is InChI=1S/C55H32N4O/c1-2-13-35-29-39(24-21-33(35)11-1)53-56-54(40-25-26-42-38(30-40)23-22-34-12-5-6-16-41(34)42)58-55(57-53)45-27-28-48(51-44-18-8-10-20-50(44)60-52(45)51)59-47-19-9-7-17-43(47)46-31-36-14-3-4-15-37(36)32-49(46)59/h1-32H. The third-order valence-corrected chi connectivity index (χ3v) is 12.2. The van der Waals surface area contributed by atoms with Crippen LogP contribution in [-0.4, -0.2) is 19.5 Å². The molecule has 0 saturated carbocycles. The first-order valence-corrected chi connectivity index (χ1v) is 20.3. The van der Waals surface area contributed by atoms with Crippen molar-refractivity contribution in [2.45, 2.75) is 0 Å². The summed E-state index contributed by atoms with van der Waals surface area (Å²) in [5, 5.41) is 13.9. The molecule has 13 aromatic rings. The van der Waals surface area contributed by atoms with E-state index in [1.807, 2.05) is 12.1 Å². The van der Waals surface area contributed by atoms with Crippen LogP contribution < -0.4 is 0 Å². The van der Waals surface area contributed by atoms with Gasteiger partial charge in [-0.25, -0.2) is 15.0 Å². The van der Waals surface area contributed by atoms with Gasteiger partial charge in [-0.05, 0) is 91.6 Å². The lowest BCUT2D eigenvalue weighted by Gasteiger charge is -2.13. The van der Waals surface area contributed by atoms with Crippen LogP contribution in [0.4, 0.5) is 0 Å². The van der Waals surface area contributed by atoms with Crippen molar-refractivity contribution < 1.29 is 4.42 Å². The first-order chi connectivity index (χ1) is 29.7. The summed E-state index contributed by atoms with van der Waals surface area (Å²) in [6, 6.07) is 68.7. The topological polar surface area (TPSA) is 56.7 Å². The fourth-order valence-corrected chi connectivity index (χ4v) is 9.32.